The molecular formula is C10H7ClN2O5S. The monoisotopic (exact) mass is 302 g/mol. The van der Waals surface area contributed by atoms with E-state index in [1.165, 1.54) is 18.3 Å². The first-order valence-corrected chi connectivity index (χ1v) is 6.19. The van der Waals surface area contributed by atoms with Crippen LogP contribution in [0.5, 0.6) is 5.75 Å². The summed E-state index contributed by atoms with van der Waals surface area (Å²) in [6.45, 7) is 0. The van der Waals surface area contributed by atoms with Gasteiger partial charge in [-0.2, -0.15) is 0 Å². The van der Waals surface area contributed by atoms with Crippen LogP contribution in [0.1, 0.15) is 16.8 Å². The fraction of sp³-hybridized carbons (Fsp3) is 0.200. The Kier molecular flexibility index (Phi) is 3.63. The molecule has 2 rings (SSSR count). The second kappa shape index (κ2) is 5.06. The van der Waals surface area contributed by atoms with E-state index in [9.17, 15) is 14.9 Å². The number of nitrogens with zero attached hydrogens (tertiary/aromatic N) is 2. The van der Waals surface area contributed by atoms with Crippen LogP contribution in [0.15, 0.2) is 28.9 Å². The van der Waals surface area contributed by atoms with E-state index >= 15 is 0 Å². The Balaban J connectivity index is 2.34. The minimum absolute atomic E-state index is 0.0581. The number of hydrogen-bond donors (Lipinski definition) is 1. The van der Waals surface area contributed by atoms with Gasteiger partial charge in [-0.05, 0) is 12.1 Å². The van der Waals surface area contributed by atoms with Gasteiger partial charge >= 0.3 is 11.0 Å². The van der Waals surface area contributed by atoms with Gasteiger partial charge in [0.25, 0.3) is 0 Å². The second-order valence-electron chi connectivity index (χ2n) is 3.56. The maximum atomic E-state index is 11.2. The first-order valence-electron chi connectivity index (χ1n) is 5.00. The van der Waals surface area contributed by atoms with Crippen LogP contribution < -0.4 is 4.74 Å². The summed E-state index contributed by atoms with van der Waals surface area (Å²) < 4.78 is 5.51. The van der Waals surface area contributed by atoms with Gasteiger partial charge in [-0.1, -0.05) is 11.6 Å². The Morgan fingerprint density at radius 2 is 2.42 bits per heavy atom. The topological polar surface area (TPSA) is 103 Å². The zero-order valence-corrected chi connectivity index (χ0v) is 10.8. The molecule has 0 saturated heterocycles. The quantitative estimate of drug-likeness (QED) is 0.517. The molecule has 0 amide bonds. The predicted octanol–water partition coefficient (Wildman–Crippen LogP) is 2.31. The lowest BCUT2D eigenvalue weighted by atomic mass is 10.2. The lowest BCUT2D eigenvalue weighted by Gasteiger charge is -2.20. The molecule has 0 bridgehead atoms. The number of nitro groups is 1. The third kappa shape index (κ3) is 2.64. The van der Waals surface area contributed by atoms with Crippen LogP contribution in [-0.2, 0) is 0 Å². The van der Waals surface area contributed by atoms with E-state index in [2.05, 4.69) is 4.98 Å². The number of carboxylic acids is 1. The van der Waals surface area contributed by atoms with E-state index in [0.717, 1.165) is 18.0 Å². The third-order valence-electron chi connectivity index (χ3n) is 2.34. The molecule has 9 heteroatoms. The molecule has 0 fully saturated rings. The minimum Gasteiger partial charge on any atom is -0.478 e. The van der Waals surface area contributed by atoms with Gasteiger partial charge in [-0.25, -0.2) is 4.79 Å². The molecule has 1 unspecified atom stereocenters. The van der Waals surface area contributed by atoms with Crippen molar-refractivity contribution in [3.8, 4) is 5.75 Å². The first-order chi connectivity index (χ1) is 8.94. The summed E-state index contributed by atoms with van der Waals surface area (Å²) in [4.78, 5) is 25.2. The molecule has 0 radical (unpaired) electrons. The van der Waals surface area contributed by atoms with Gasteiger partial charge in [0.05, 0.1) is 21.9 Å². The smallest absolute Gasteiger partial charge is 0.421 e. The van der Waals surface area contributed by atoms with E-state index in [0.29, 0.717) is 0 Å². The van der Waals surface area contributed by atoms with E-state index < -0.39 is 15.9 Å². The highest BCUT2D eigenvalue weighted by Gasteiger charge is 2.51. The standard InChI is InChI=1S/C10H7ClN2O5S/c11-8-1-3-10(19-8,13(16)17)18-7-5-12-4-2-6(7)9(14)15/h1-2,4-5H,3H2,(H,14,15). The average molecular weight is 303 g/mol. The van der Waals surface area contributed by atoms with Gasteiger partial charge in [0.1, 0.15) is 5.56 Å². The Hall–Kier alpha value is -1.80. The highest BCUT2D eigenvalue weighted by atomic mass is 35.5. The number of halogens is 1. The van der Waals surface area contributed by atoms with Crippen molar-refractivity contribution < 1.29 is 19.6 Å². The van der Waals surface area contributed by atoms with Crippen molar-refractivity contribution in [1.82, 2.24) is 4.98 Å². The molecule has 2 heterocycles. The highest BCUT2D eigenvalue weighted by Crippen LogP contribution is 2.45. The number of thioether (sulfide) groups is 1. The molecule has 1 aliphatic heterocycles. The summed E-state index contributed by atoms with van der Waals surface area (Å²) in [6, 6.07) is 1.21. The summed E-state index contributed by atoms with van der Waals surface area (Å²) in [5.41, 5.74) is -0.195. The van der Waals surface area contributed by atoms with Crippen molar-refractivity contribution in [2.45, 2.75) is 11.5 Å². The van der Waals surface area contributed by atoms with E-state index in [4.69, 9.17) is 21.4 Å². The number of rotatable bonds is 4. The van der Waals surface area contributed by atoms with Gasteiger partial charge in [0, 0.05) is 18.0 Å². The fourth-order valence-corrected chi connectivity index (χ4v) is 2.75. The van der Waals surface area contributed by atoms with Crippen LogP contribution in [0.4, 0.5) is 0 Å². The van der Waals surface area contributed by atoms with Crippen LogP contribution in [0.2, 0.25) is 0 Å². The van der Waals surface area contributed by atoms with Gasteiger partial charge in [0.15, 0.2) is 5.75 Å². The van der Waals surface area contributed by atoms with Gasteiger partial charge in [-0.15, -0.1) is 0 Å². The normalized spacial score (nSPS) is 21.8. The van der Waals surface area contributed by atoms with Gasteiger partial charge in [-0.3, -0.25) is 15.1 Å². The van der Waals surface area contributed by atoms with Gasteiger partial charge in [0.2, 0.25) is 0 Å². The summed E-state index contributed by atoms with van der Waals surface area (Å²) in [5.74, 6) is -1.42. The van der Waals surface area contributed by atoms with Gasteiger partial charge < -0.3 is 9.84 Å². The molecule has 1 atom stereocenters. The molecule has 1 aliphatic rings. The van der Waals surface area contributed by atoms with E-state index in [-0.39, 0.29) is 22.1 Å². The lowest BCUT2D eigenvalue weighted by molar-refractivity contribution is -0.579. The van der Waals surface area contributed by atoms with E-state index in [1.54, 1.807) is 0 Å². The Bertz CT molecular complexity index is 579. The van der Waals surface area contributed by atoms with Crippen molar-refractivity contribution >= 4 is 29.3 Å². The SMILES string of the molecule is O=C(O)c1ccncc1OC1([N+](=O)[O-])CC=C(Cl)S1. The summed E-state index contributed by atoms with van der Waals surface area (Å²) in [7, 11) is 0. The number of pyridine rings is 1. The molecule has 19 heavy (non-hydrogen) atoms. The van der Waals surface area contributed by atoms with Crippen molar-refractivity contribution in [3.05, 3.63) is 44.6 Å². The molecular weight excluding hydrogens is 296 g/mol. The van der Waals surface area contributed by atoms with Crippen molar-refractivity contribution in [3.63, 3.8) is 0 Å². The van der Waals surface area contributed by atoms with Crippen LogP contribution in [0, 0.1) is 10.1 Å². The lowest BCUT2D eigenvalue weighted by Crippen LogP contribution is -2.39. The zero-order valence-electron chi connectivity index (χ0n) is 9.28. The van der Waals surface area contributed by atoms with Crippen LogP contribution >= 0.6 is 23.4 Å². The number of hydrogen-bond acceptors (Lipinski definition) is 6. The summed E-state index contributed by atoms with van der Waals surface area (Å²) in [5, 5.41) is 18.3. The van der Waals surface area contributed by atoms with Crippen molar-refractivity contribution in [1.29, 1.82) is 0 Å². The molecule has 100 valence electrons. The summed E-state index contributed by atoms with van der Waals surface area (Å²) in [6.07, 6.45) is 3.78. The Morgan fingerprint density at radius 3 is 2.95 bits per heavy atom. The zero-order chi connectivity index (χ0) is 14.0. The van der Waals surface area contributed by atoms with Crippen molar-refractivity contribution in [2.24, 2.45) is 0 Å². The number of aromatic nitrogens is 1. The second-order valence-corrected chi connectivity index (χ2v) is 5.48. The fourth-order valence-electron chi connectivity index (χ4n) is 1.47. The molecule has 0 aliphatic carbocycles. The number of ether oxygens (including phenoxy) is 1. The maximum Gasteiger partial charge on any atom is 0.421 e. The molecule has 1 aromatic rings. The molecule has 1 N–H and O–H groups in total. The predicted molar refractivity (Wildman–Crippen MR) is 67.7 cm³/mol. The Labute approximate surface area is 116 Å². The number of carbonyl (C=O) groups is 1. The minimum atomic E-state index is -1.84. The maximum absolute atomic E-state index is 11.2. The molecule has 1 aromatic heterocycles. The number of aromatic carboxylic acids is 1. The largest absolute Gasteiger partial charge is 0.478 e. The molecule has 7 nitrogen and oxygen atoms in total. The molecule has 0 saturated carbocycles. The van der Waals surface area contributed by atoms with E-state index in [1.807, 2.05) is 0 Å². The van der Waals surface area contributed by atoms with Crippen molar-refractivity contribution in [2.75, 3.05) is 0 Å². The first kappa shape index (κ1) is 13.6. The third-order valence-corrected chi connectivity index (χ3v) is 3.81. The molecule has 0 aromatic carbocycles. The average Bonchev–Trinajstić information content (AvgIpc) is 2.72. The summed E-state index contributed by atoms with van der Waals surface area (Å²) >= 11 is 6.44. The van der Waals surface area contributed by atoms with Crippen LogP contribution in [0.25, 0.3) is 0 Å². The Morgan fingerprint density at radius 1 is 1.68 bits per heavy atom. The van der Waals surface area contributed by atoms with Crippen LogP contribution in [0.3, 0.4) is 0 Å². The van der Waals surface area contributed by atoms with Crippen LogP contribution in [-0.4, -0.2) is 26.0 Å². The molecule has 0 spiro atoms. The highest BCUT2D eigenvalue weighted by molar-refractivity contribution is 8.05. The number of carboxylic acid groups (broad SMARTS) is 1.